The number of benzene rings is 2. The Morgan fingerprint density at radius 1 is 1.10 bits per heavy atom. The van der Waals surface area contributed by atoms with E-state index in [2.05, 4.69) is 32.2 Å². The van der Waals surface area contributed by atoms with E-state index in [0.29, 0.717) is 18.8 Å². The van der Waals surface area contributed by atoms with Crippen molar-refractivity contribution < 1.29 is 19.0 Å². The third kappa shape index (κ3) is 5.80. The zero-order valence-corrected chi connectivity index (χ0v) is 20.0. The minimum absolute atomic E-state index is 0.0203. The Balaban J connectivity index is 1.64. The molecule has 1 unspecified atom stereocenters. The number of hydrogen-bond donors (Lipinski definition) is 1. The van der Waals surface area contributed by atoms with Crippen molar-refractivity contribution in [3.63, 3.8) is 0 Å². The monoisotopic (exact) mass is 488 g/mol. The van der Waals surface area contributed by atoms with Crippen molar-refractivity contribution in [2.24, 2.45) is 0 Å². The second-order valence-corrected chi connectivity index (χ2v) is 8.38. The first-order valence-electron chi connectivity index (χ1n) is 10.2. The van der Waals surface area contributed by atoms with Crippen LogP contribution in [0.2, 0.25) is 0 Å². The summed E-state index contributed by atoms with van der Waals surface area (Å²) in [5.74, 6) is 2.15. The molecule has 1 aliphatic heterocycles. The SMILES string of the molecule is COc1cc(OC)c(C2=CCN(CC(=O)NC(C)c3ccc(Br)cc3)CC2)c(OC)c1. The van der Waals surface area contributed by atoms with Gasteiger partial charge in [0.1, 0.15) is 17.2 Å². The number of nitrogens with zero attached hydrogens (tertiary/aromatic N) is 1. The Morgan fingerprint density at radius 2 is 1.74 bits per heavy atom. The van der Waals surface area contributed by atoms with Crippen molar-refractivity contribution in [2.45, 2.75) is 19.4 Å². The third-order valence-electron chi connectivity index (χ3n) is 5.44. The van der Waals surface area contributed by atoms with Crippen molar-refractivity contribution >= 4 is 27.4 Å². The Hall–Kier alpha value is -2.51. The summed E-state index contributed by atoms with van der Waals surface area (Å²) in [6.45, 7) is 3.83. The van der Waals surface area contributed by atoms with Crippen LogP contribution in [-0.2, 0) is 4.79 Å². The van der Waals surface area contributed by atoms with Crippen LogP contribution in [0.4, 0.5) is 0 Å². The first-order valence-corrected chi connectivity index (χ1v) is 11.0. The van der Waals surface area contributed by atoms with Gasteiger partial charge in [-0.15, -0.1) is 0 Å². The highest BCUT2D eigenvalue weighted by Crippen LogP contribution is 2.40. The van der Waals surface area contributed by atoms with Crippen LogP contribution < -0.4 is 19.5 Å². The van der Waals surface area contributed by atoms with Gasteiger partial charge < -0.3 is 19.5 Å². The molecule has 1 aliphatic rings. The first kappa shape index (κ1) is 23.2. The number of ether oxygens (including phenoxy) is 3. The highest BCUT2D eigenvalue weighted by Gasteiger charge is 2.22. The number of carbonyl (C=O) groups excluding carboxylic acids is 1. The van der Waals surface area contributed by atoms with Crippen LogP contribution in [0, 0.1) is 0 Å². The lowest BCUT2D eigenvalue weighted by molar-refractivity contribution is -0.122. The van der Waals surface area contributed by atoms with E-state index in [1.807, 2.05) is 43.3 Å². The van der Waals surface area contributed by atoms with Crippen LogP contribution in [0.5, 0.6) is 17.2 Å². The second-order valence-electron chi connectivity index (χ2n) is 7.46. The van der Waals surface area contributed by atoms with Gasteiger partial charge in [-0.3, -0.25) is 9.69 Å². The second kappa shape index (κ2) is 10.7. The van der Waals surface area contributed by atoms with Gasteiger partial charge in [0, 0.05) is 29.7 Å². The minimum atomic E-state index is -0.0377. The molecule has 0 radical (unpaired) electrons. The summed E-state index contributed by atoms with van der Waals surface area (Å²) in [4.78, 5) is 14.7. The Labute approximate surface area is 192 Å². The van der Waals surface area contributed by atoms with Crippen LogP contribution >= 0.6 is 15.9 Å². The molecule has 166 valence electrons. The summed E-state index contributed by atoms with van der Waals surface area (Å²) in [5, 5.41) is 3.08. The number of hydrogen-bond acceptors (Lipinski definition) is 5. The van der Waals surface area contributed by atoms with Crippen molar-refractivity contribution in [1.29, 1.82) is 0 Å². The molecule has 6 nitrogen and oxygen atoms in total. The molecule has 0 saturated carbocycles. The van der Waals surface area contributed by atoms with E-state index in [-0.39, 0.29) is 11.9 Å². The predicted molar refractivity (Wildman–Crippen MR) is 126 cm³/mol. The molecule has 2 aromatic carbocycles. The third-order valence-corrected chi connectivity index (χ3v) is 5.97. The van der Waals surface area contributed by atoms with Crippen LogP contribution in [0.15, 0.2) is 46.9 Å². The molecule has 31 heavy (non-hydrogen) atoms. The van der Waals surface area contributed by atoms with Gasteiger partial charge in [-0.1, -0.05) is 34.1 Å². The fraction of sp³-hybridized carbons (Fsp3) is 0.375. The van der Waals surface area contributed by atoms with E-state index in [0.717, 1.165) is 45.6 Å². The van der Waals surface area contributed by atoms with E-state index in [9.17, 15) is 4.79 Å². The molecule has 7 heteroatoms. The molecule has 1 atom stereocenters. The standard InChI is InChI=1S/C24H29BrN2O4/c1-16(17-5-7-19(25)8-6-17)26-23(28)15-27-11-9-18(10-12-27)24-21(30-3)13-20(29-2)14-22(24)31-4/h5-9,13-14,16H,10-12,15H2,1-4H3,(H,26,28). The zero-order valence-electron chi connectivity index (χ0n) is 18.4. The summed E-state index contributed by atoms with van der Waals surface area (Å²) in [5.41, 5.74) is 3.17. The topological polar surface area (TPSA) is 60.0 Å². The Bertz CT molecular complexity index is 918. The van der Waals surface area contributed by atoms with Crippen molar-refractivity contribution in [2.75, 3.05) is 41.0 Å². The summed E-state index contributed by atoms with van der Waals surface area (Å²) in [7, 11) is 4.91. The molecule has 1 N–H and O–H groups in total. The fourth-order valence-electron chi connectivity index (χ4n) is 3.73. The van der Waals surface area contributed by atoms with Crippen molar-refractivity contribution in [1.82, 2.24) is 10.2 Å². The smallest absolute Gasteiger partial charge is 0.234 e. The van der Waals surface area contributed by atoms with Gasteiger partial charge in [0.15, 0.2) is 0 Å². The molecular formula is C24H29BrN2O4. The van der Waals surface area contributed by atoms with E-state index in [1.54, 1.807) is 21.3 Å². The summed E-state index contributed by atoms with van der Waals surface area (Å²) in [6, 6.07) is 11.7. The van der Waals surface area contributed by atoms with Gasteiger partial charge in [-0.25, -0.2) is 0 Å². The quantitative estimate of drug-likeness (QED) is 0.594. The van der Waals surface area contributed by atoms with E-state index >= 15 is 0 Å². The summed E-state index contributed by atoms with van der Waals surface area (Å²) >= 11 is 3.44. The molecule has 0 fully saturated rings. The number of nitrogens with one attached hydrogen (secondary N) is 1. The van der Waals surface area contributed by atoms with E-state index in [4.69, 9.17) is 14.2 Å². The van der Waals surface area contributed by atoms with Gasteiger partial charge in [0.2, 0.25) is 5.91 Å². The number of halogens is 1. The maximum atomic E-state index is 12.5. The highest BCUT2D eigenvalue weighted by molar-refractivity contribution is 9.10. The Kier molecular flexibility index (Phi) is 7.98. The number of carbonyl (C=O) groups is 1. The van der Waals surface area contributed by atoms with Crippen LogP contribution in [-0.4, -0.2) is 51.8 Å². The molecule has 0 aromatic heterocycles. The van der Waals surface area contributed by atoms with Crippen molar-refractivity contribution in [3.05, 3.63) is 58.1 Å². The Morgan fingerprint density at radius 3 is 2.26 bits per heavy atom. The largest absolute Gasteiger partial charge is 0.496 e. The molecule has 3 rings (SSSR count). The maximum Gasteiger partial charge on any atom is 0.234 e. The molecule has 0 saturated heterocycles. The normalized spacial score (nSPS) is 15.1. The molecule has 2 aromatic rings. The van der Waals surface area contributed by atoms with Gasteiger partial charge in [0.05, 0.1) is 39.5 Å². The predicted octanol–water partition coefficient (Wildman–Crippen LogP) is 4.44. The van der Waals surface area contributed by atoms with Gasteiger partial charge >= 0.3 is 0 Å². The summed E-state index contributed by atoms with van der Waals surface area (Å²) in [6.07, 6.45) is 2.94. The van der Waals surface area contributed by atoms with Crippen LogP contribution in [0.3, 0.4) is 0 Å². The lowest BCUT2D eigenvalue weighted by atomic mass is 9.97. The summed E-state index contributed by atoms with van der Waals surface area (Å²) < 4.78 is 17.5. The zero-order chi connectivity index (χ0) is 22.4. The average Bonchev–Trinajstić information content (AvgIpc) is 2.79. The fourth-order valence-corrected chi connectivity index (χ4v) is 3.99. The number of rotatable bonds is 8. The van der Waals surface area contributed by atoms with Crippen LogP contribution in [0.1, 0.15) is 30.5 Å². The lowest BCUT2D eigenvalue weighted by Crippen LogP contribution is -2.40. The van der Waals surface area contributed by atoms with Gasteiger partial charge in [-0.05, 0) is 36.6 Å². The molecule has 0 spiro atoms. The van der Waals surface area contributed by atoms with E-state index in [1.165, 1.54) is 0 Å². The van der Waals surface area contributed by atoms with Crippen LogP contribution in [0.25, 0.3) is 5.57 Å². The molecule has 0 aliphatic carbocycles. The van der Waals surface area contributed by atoms with Gasteiger partial charge in [0.25, 0.3) is 0 Å². The van der Waals surface area contributed by atoms with E-state index < -0.39 is 0 Å². The highest BCUT2D eigenvalue weighted by atomic mass is 79.9. The molecular weight excluding hydrogens is 460 g/mol. The molecule has 0 bridgehead atoms. The van der Waals surface area contributed by atoms with Crippen molar-refractivity contribution in [3.8, 4) is 17.2 Å². The van der Waals surface area contributed by atoms with Gasteiger partial charge in [-0.2, -0.15) is 0 Å². The minimum Gasteiger partial charge on any atom is -0.496 e. The molecule has 1 amide bonds. The lowest BCUT2D eigenvalue weighted by Gasteiger charge is -2.28. The number of amides is 1. The maximum absolute atomic E-state index is 12.5. The average molecular weight is 489 g/mol. The molecule has 1 heterocycles. The first-order chi connectivity index (χ1) is 14.9. The number of methoxy groups -OCH3 is 3.